The summed E-state index contributed by atoms with van der Waals surface area (Å²) in [5.74, 6) is 0.637. The van der Waals surface area contributed by atoms with Crippen LogP contribution in [0.25, 0.3) is 0 Å². The van der Waals surface area contributed by atoms with E-state index in [-0.39, 0.29) is 48.4 Å². The molecule has 0 aromatic rings. The Morgan fingerprint density at radius 3 is 1.69 bits per heavy atom. The van der Waals surface area contributed by atoms with Gasteiger partial charge in [0.05, 0.1) is 11.5 Å². The van der Waals surface area contributed by atoms with Gasteiger partial charge in [0.15, 0.2) is 9.84 Å². The van der Waals surface area contributed by atoms with Gasteiger partial charge in [-0.05, 0) is 23.7 Å². The van der Waals surface area contributed by atoms with Crippen LogP contribution in [0, 0.1) is 23.7 Å². The highest BCUT2D eigenvalue weighted by molar-refractivity contribution is 7.91. The quantitative estimate of drug-likeness (QED) is 0.600. The summed E-state index contributed by atoms with van der Waals surface area (Å²) in [6.07, 6.45) is 0. The van der Waals surface area contributed by atoms with Crippen LogP contribution in [0.4, 0.5) is 0 Å². The largest absolute Gasteiger partial charge is 0.396 e. The average molecular weight is 206 g/mol. The summed E-state index contributed by atoms with van der Waals surface area (Å²) in [5, 5.41) is 18.0. The van der Waals surface area contributed by atoms with Crippen molar-refractivity contribution in [1.29, 1.82) is 0 Å². The van der Waals surface area contributed by atoms with Gasteiger partial charge < -0.3 is 10.2 Å². The molecule has 2 aliphatic rings. The Labute approximate surface area is 77.5 Å². The third-order valence-electron chi connectivity index (χ3n) is 3.51. The Balaban J connectivity index is 2.15. The highest BCUT2D eigenvalue weighted by atomic mass is 32.2. The van der Waals surface area contributed by atoms with Crippen LogP contribution in [-0.4, -0.2) is 43.4 Å². The molecule has 5 heteroatoms. The number of hydrogen-bond acceptors (Lipinski definition) is 4. The van der Waals surface area contributed by atoms with E-state index in [1.165, 1.54) is 0 Å². The Bertz CT molecular complexity index is 273. The maximum Gasteiger partial charge on any atom is 0.150 e. The van der Waals surface area contributed by atoms with E-state index in [0.717, 1.165) is 0 Å². The van der Waals surface area contributed by atoms with E-state index in [0.29, 0.717) is 0 Å². The summed E-state index contributed by atoms with van der Waals surface area (Å²) >= 11 is 0. The van der Waals surface area contributed by atoms with Crippen molar-refractivity contribution in [2.24, 2.45) is 23.7 Å². The van der Waals surface area contributed by atoms with Gasteiger partial charge in [-0.1, -0.05) is 0 Å². The first-order valence-corrected chi connectivity index (χ1v) is 6.33. The van der Waals surface area contributed by atoms with Gasteiger partial charge in [-0.3, -0.25) is 0 Å². The van der Waals surface area contributed by atoms with Crippen LogP contribution in [0.5, 0.6) is 0 Å². The number of aliphatic hydroxyl groups excluding tert-OH is 2. The summed E-state index contributed by atoms with van der Waals surface area (Å²) in [4.78, 5) is 0. The predicted molar refractivity (Wildman–Crippen MR) is 46.8 cm³/mol. The molecule has 0 aromatic carbocycles. The van der Waals surface area contributed by atoms with Crippen molar-refractivity contribution in [2.75, 3.05) is 24.7 Å². The number of aliphatic hydroxyl groups is 2. The van der Waals surface area contributed by atoms with Crippen LogP contribution in [0.15, 0.2) is 0 Å². The van der Waals surface area contributed by atoms with Gasteiger partial charge in [-0.2, -0.15) is 0 Å². The Morgan fingerprint density at radius 2 is 1.38 bits per heavy atom. The zero-order chi connectivity index (χ0) is 9.64. The highest BCUT2D eigenvalue weighted by Crippen LogP contribution is 2.50. The summed E-state index contributed by atoms with van der Waals surface area (Å²) < 4.78 is 22.5. The van der Waals surface area contributed by atoms with Gasteiger partial charge in [0.2, 0.25) is 0 Å². The maximum absolute atomic E-state index is 11.3. The summed E-state index contributed by atoms with van der Waals surface area (Å²) in [7, 11) is -2.89. The van der Waals surface area contributed by atoms with E-state index in [2.05, 4.69) is 0 Å². The first-order valence-electron chi connectivity index (χ1n) is 4.51. The number of fused-ring (bicyclic) bond motifs is 1. The number of hydrogen-bond donors (Lipinski definition) is 2. The molecule has 0 bridgehead atoms. The average Bonchev–Trinajstić information content (AvgIpc) is 2.30. The van der Waals surface area contributed by atoms with Gasteiger partial charge >= 0.3 is 0 Å². The van der Waals surface area contributed by atoms with E-state index in [9.17, 15) is 8.42 Å². The molecule has 2 N–H and O–H groups in total. The molecule has 2 fully saturated rings. The van der Waals surface area contributed by atoms with Gasteiger partial charge in [0.25, 0.3) is 0 Å². The smallest absolute Gasteiger partial charge is 0.150 e. The van der Waals surface area contributed by atoms with Gasteiger partial charge in [-0.25, -0.2) is 8.42 Å². The zero-order valence-electron chi connectivity index (χ0n) is 7.26. The molecule has 0 unspecified atom stereocenters. The molecule has 13 heavy (non-hydrogen) atoms. The predicted octanol–water partition coefficient (Wildman–Crippen LogP) is -1.12. The van der Waals surface area contributed by atoms with Crippen molar-refractivity contribution in [3.63, 3.8) is 0 Å². The topological polar surface area (TPSA) is 74.6 Å². The summed E-state index contributed by atoms with van der Waals surface area (Å²) in [6, 6.07) is 0. The number of sulfone groups is 1. The molecule has 1 saturated carbocycles. The molecular formula is C8H14O4S. The van der Waals surface area contributed by atoms with Crippen molar-refractivity contribution in [1.82, 2.24) is 0 Å². The van der Waals surface area contributed by atoms with Crippen molar-refractivity contribution >= 4 is 9.84 Å². The summed E-state index contributed by atoms with van der Waals surface area (Å²) in [6.45, 7) is 0.00380. The van der Waals surface area contributed by atoms with E-state index in [1.807, 2.05) is 0 Å². The van der Waals surface area contributed by atoms with E-state index in [4.69, 9.17) is 10.2 Å². The molecule has 4 nitrogen and oxygen atoms in total. The Morgan fingerprint density at radius 1 is 1.00 bits per heavy atom. The van der Waals surface area contributed by atoms with E-state index < -0.39 is 9.84 Å². The SMILES string of the molecule is O=S1(=O)C[C@@H]2[C@H](CO)[C@@H](CO)[C@H]2C1. The van der Waals surface area contributed by atoms with Crippen LogP contribution >= 0.6 is 0 Å². The fraction of sp³-hybridized carbons (Fsp3) is 1.00. The number of rotatable bonds is 2. The van der Waals surface area contributed by atoms with E-state index >= 15 is 0 Å². The molecule has 4 atom stereocenters. The van der Waals surface area contributed by atoms with Crippen LogP contribution in [-0.2, 0) is 9.84 Å². The lowest BCUT2D eigenvalue weighted by Gasteiger charge is -2.46. The zero-order valence-corrected chi connectivity index (χ0v) is 8.07. The molecular weight excluding hydrogens is 192 g/mol. The third kappa shape index (κ3) is 1.30. The molecule has 1 saturated heterocycles. The van der Waals surface area contributed by atoms with Crippen LogP contribution < -0.4 is 0 Å². The Hall–Kier alpha value is -0.130. The van der Waals surface area contributed by atoms with Crippen LogP contribution in [0.1, 0.15) is 0 Å². The second-order valence-electron chi connectivity index (χ2n) is 4.10. The molecule has 0 spiro atoms. The molecule has 0 aromatic heterocycles. The molecule has 0 radical (unpaired) electrons. The highest BCUT2D eigenvalue weighted by Gasteiger charge is 2.56. The fourth-order valence-electron chi connectivity index (χ4n) is 2.81. The van der Waals surface area contributed by atoms with Crippen molar-refractivity contribution in [2.45, 2.75) is 0 Å². The molecule has 1 heterocycles. The van der Waals surface area contributed by atoms with Crippen molar-refractivity contribution in [3.05, 3.63) is 0 Å². The minimum absolute atomic E-state index is 0.00190. The standard InChI is InChI=1S/C8H14O4S/c9-1-5-6(2-10)8-4-13(11,12)3-7(5)8/h5-10H,1-4H2/t5-,6-,7-,8-/m1/s1. The lowest BCUT2D eigenvalue weighted by atomic mass is 9.59. The van der Waals surface area contributed by atoms with Crippen LogP contribution in [0.2, 0.25) is 0 Å². The third-order valence-corrected chi connectivity index (χ3v) is 5.30. The molecule has 0 amide bonds. The fourth-order valence-corrected chi connectivity index (χ4v) is 5.11. The lowest BCUT2D eigenvalue weighted by Crippen LogP contribution is -2.49. The minimum Gasteiger partial charge on any atom is -0.396 e. The maximum atomic E-state index is 11.3. The monoisotopic (exact) mass is 206 g/mol. The van der Waals surface area contributed by atoms with E-state index in [1.54, 1.807) is 0 Å². The molecule has 1 aliphatic heterocycles. The molecule has 2 rings (SSSR count). The second kappa shape index (κ2) is 2.93. The van der Waals surface area contributed by atoms with Gasteiger partial charge in [0, 0.05) is 13.2 Å². The van der Waals surface area contributed by atoms with Gasteiger partial charge in [-0.15, -0.1) is 0 Å². The molecule has 76 valence electrons. The van der Waals surface area contributed by atoms with Crippen LogP contribution in [0.3, 0.4) is 0 Å². The molecule has 1 aliphatic carbocycles. The minimum atomic E-state index is -2.89. The summed E-state index contributed by atoms with van der Waals surface area (Å²) in [5.41, 5.74) is 0. The first kappa shape index (κ1) is 9.43. The van der Waals surface area contributed by atoms with Crippen molar-refractivity contribution < 1.29 is 18.6 Å². The van der Waals surface area contributed by atoms with Gasteiger partial charge in [0.1, 0.15) is 0 Å². The first-order chi connectivity index (χ1) is 6.09. The van der Waals surface area contributed by atoms with Crippen molar-refractivity contribution in [3.8, 4) is 0 Å². The normalized spacial score (nSPS) is 46.9. The second-order valence-corrected chi connectivity index (χ2v) is 6.25. The Kier molecular flexibility index (Phi) is 2.13. The lowest BCUT2D eigenvalue weighted by molar-refractivity contribution is -0.0516.